The summed E-state index contributed by atoms with van der Waals surface area (Å²) in [7, 11) is 3.71. The van der Waals surface area contributed by atoms with Crippen LogP contribution in [0.1, 0.15) is 29.7 Å². The highest BCUT2D eigenvalue weighted by Gasteiger charge is 2.22. The molecule has 0 radical (unpaired) electrons. The molecule has 0 unspecified atom stereocenters. The minimum Gasteiger partial charge on any atom is -0.493 e. The SMILES string of the molecule is CN=C(NCc1ccc(C)cc1OCC1CC1)NCc1ccnn1C. The van der Waals surface area contributed by atoms with E-state index in [0.29, 0.717) is 13.1 Å². The minimum atomic E-state index is 0.672. The van der Waals surface area contributed by atoms with E-state index in [9.17, 15) is 0 Å². The van der Waals surface area contributed by atoms with E-state index < -0.39 is 0 Å². The highest BCUT2D eigenvalue weighted by molar-refractivity contribution is 5.79. The molecule has 0 atom stereocenters. The monoisotopic (exact) mass is 341 g/mol. The largest absolute Gasteiger partial charge is 0.493 e. The summed E-state index contributed by atoms with van der Waals surface area (Å²) in [6.45, 7) is 4.26. The fourth-order valence-electron chi connectivity index (χ4n) is 2.58. The van der Waals surface area contributed by atoms with Gasteiger partial charge in [-0.05, 0) is 43.4 Å². The summed E-state index contributed by atoms with van der Waals surface area (Å²) in [5.41, 5.74) is 3.47. The third-order valence-corrected chi connectivity index (χ3v) is 4.42. The highest BCUT2D eigenvalue weighted by Crippen LogP contribution is 2.30. The molecule has 6 nitrogen and oxygen atoms in total. The van der Waals surface area contributed by atoms with E-state index in [2.05, 4.69) is 45.8 Å². The number of hydrogen-bond donors (Lipinski definition) is 2. The van der Waals surface area contributed by atoms with E-state index >= 15 is 0 Å². The van der Waals surface area contributed by atoms with Gasteiger partial charge < -0.3 is 15.4 Å². The van der Waals surface area contributed by atoms with Crippen molar-refractivity contribution in [3.8, 4) is 5.75 Å². The van der Waals surface area contributed by atoms with Gasteiger partial charge in [-0.2, -0.15) is 5.10 Å². The quantitative estimate of drug-likeness (QED) is 0.599. The molecule has 0 aliphatic heterocycles. The second-order valence-electron chi connectivity index (χ2n) is 6.59. The number of nitrogens with zero attached hydrogens (tertiary/aromatic N) is 3. The Kier molecular flexibility index (Phi) is 5.58. The molecule has 2 aromatic rings. The summed E-state index contributed by atoms with van der Waals surface area (Å²) >= 11 is 0. The second-order valence-corrected chi connectivity index (χ2v) is 6.59. The maximum atomic E-state index is 6.03. The highest BCUT2D eigenvalue weighted by atomic mass is 16.5. The van der Waals surface area contributed by atoms with Gasteiger partial charge in [0, 0.05) is 32.4 Å². The maximum Gasteiger partial charge on any atom is 0.191 e. The van der Waals surface area contributed by atoms with Crippen LogP contribution in [0.5, 0.6) is 5.75 Å². The molecule has 1 saturated carbocycles. The molecule has 1 aliphatic rings. The molecule has 1 aromatic carbocycles. The fraction of sp³-hybridized carbons (Fsp3) is 0.474. The Bertz CT molecular complexity index is 733. The zero-order valence-electron chi connectivity index (χ0n) is 15.2. The van der Waals surface area contributed by atoms with Crippen LogP contribution in [0.2, 0.25) is 0 Å². The Labute approximate surface area is 149 Å². The number of nitrogens with one attached hydrogen (secondary N) is 2. The Morgan fingerprint density at radius 1 is 1.28 bits per heavy atom. The van der Waals surface area contributed by atoms with Crippen LogP contribution in [-0.2, 0) is 20.1 Å². The summed E-state index contributed by atoms with van der Waals surface area (Å²) in [6, 6.07) is 8.35. The average Bonchev–Trinajstić information content (AvgIpc) is 3.35. The second kappa shape index (κ2) is 8.05. The van der Waals surface area contributed by atoms with E-state index in [1.807, 2.05) is 17.8 Å². The molecule has 1 fully saturated rings. The van der Waals surface area contributed by atoms with Crippen molar-refractivity contribution in [3.63, 3.8) is 0 Å². The Morgan fingerprint density at radius 3 is 2.76 bits per heavy atom. The van der Waals surface area contributed by atoms with Gasteiger partial charge >= 0.3 is 0 Å². The molecule has 6 heteroatoms. The molecule has 0 saturated heterocycles. The predicted octanol–water partition coefficient (Wildman–Crippen LogP) is 2.38. The molecule has 25 heavy (non-hydrogen) atoms. The van der Waals surface area contributed by atoms with Gasteiger partial charge in [0.05, 0.1) is 18.8 Å². The number of benzene rings is 1. The molecule has 0 spiro atoms. The minimum absolute atomic E-state index is 0.672. The van der Waals surface area contributed by atoms with Crippen LogP contribution in [0.3, 0.4) is 0 Å². The molecule has 1 aliphatic carbocycles. The lowest BCUT2D eigenvalue weighted by Gasteiger charge is -2.15. The van der Waals surface area contributed by atoms with E-state index in [1.165, 1.54) is 18.4 Å². The predicted molar refractivity (Wildman–Crippen MR) is 99.6 cm³/mol. The van der Waals surface area contributed by atoms with Crippen molar-refractivity contribution in [2.45, 2.75) is 32.9 Å². The van der Waals surface area contributed by atoms with Crippen LogP contribution in [0, 0.1) is 12.8 Å². The maximum absolute atomic E-state index is 6.03. The first kappa shape index (κ1) is 17.3. The third kappa shape index (κ3) is 4.98. The van der Waals surface area contributed by atoms with Gasteiger partial charge in [-0.3, -0.25) is 9.67 Å². The summed E-state index contributed by atoms with van der Waals surface area (Å²) in [5, 5.41) is 10.8. The number of aromatic nitrogens is 2. The van der Waals surface area contributed by atoms with E-state index in [-0.39, 0.29) is 0 Å². The Balaban J connectivity index is 1.56. The van der Waals surface area contributed by atoms with E-state index in [4.69, 9.17) is 4.74 Å². The van der Waals surface area contributed by atoms with Crippen molar-refractivity contribution in [1.29, 1.82) is 0 Å². The first-order valence-electron chi connectivity index (χ1n) is 8.79. The van der Waals surface area contributed by atoms with Crippen LogP contribution in [0.15, 0.2) is 35.5 Å². The van der Waals surface area contributed by atoms with E-state index in [0.717, 1.165) is 35.5 Å². The van der Waals surface area contributed by atoms with Gasteiger partial charge in [0.15, 0.2) is 5.96 Å². The van der Waals surface area contributed by atoms with Crippen molar-refractivity contribution in [1.82, 2.24) is 20.4 Å². The number of ether oxygens (including phenoxy) is 1. The van der Waals surface area contributed by atoms with Gasteiger partial charge in [-0.15, -0.1) is 0 Å². The van der Waals surface area contributed by atoms with Crippen LogP contribution in [0.25, 0.3) is 0 Å². The lowest BCUT2D eigenvalue weighted by Crippen LogP contribution is -2.36. The molecular weight excluding hydrogens is 314 g/mol. The molecule has 134 valence electrons. The van der Waals surface area contributed by atoms with Crippen LogP contribution < -0.4 is 15.4 Å². The topological polar surface area (TPSA) is 63.5 Å². The van der Waals surface area contributed by atoms with Crippen LogP contribution in [0.4, 0.5) is 0 Å². The third-order valence-electron chi connectivity index (χ3n) is 4.42. The summed E-state index contributed by atoms with van der Waals surface area (Å²) in [5.74, 6) is 2.48. The first-order valence-corrected chi connectivity index (χ1v) is 8.79. The van der Waals surface area contributed by atoms with Crippen molar-refractivity contribution in [3.05, 3.63) is 47.3 Å². The number of aliphatic imine (C=N–C) groups is 1. The van der Waals surface area contributed by atoms with E-state index in [1.54, 1.807) is 13.2 Å². The van der Waals surface area contributed by atoms with Crippen molar-refractivity contribution in [2.24, 2.45) is 18.0 Å². The van der Waals surface area contributed by atoms with Crippen LogP contribution in [-0.4, -0.2) is 29.4 Å². The molecule has 1 heterocycles. The number of guanidine groups is 1. The van der Waals surface area contributed by atoms with Gasteiger partial charge in [-0.25, -0.2) is 0 Å². The molecular formula is C19H27N5O. The zero-order valence-corrected chi connectivity index (χ0v) is 15.2. The Hall–Kier alpha value is -2.50. The van der Waals surface area contributed by atoms with Gasteiger partial charge in [0.1, 0.15) is 5.75 Å². The van der Waals surface area contributed by atoms with Crippen LogP contribution >= 0.6 is 0 Å². The number of aryl methyl sites for hydroxylation is 2. The molecule has 3 rings (SSSR count). The van der Waals surface area contributed by atoms with Gasteiger partial charge in [0.25, 0.3) is 0 Å². The van der Waals surface area contributed by atoms with Crippen molar-refractivity contribution < 1.29 is 4.74 Å². The van der Waals surface area contributed by atoms with Gasteiger partial charge in [-0.1, -0.05) is 12.1 Å². The summed E-state index contributed by atoms with van der Waals surface area (Å²) < 4.78 is 7.88. The molecule has 0 bridgehead atoms. The Morgan fingerprint density at radius 2 is 2.08 bits per heavy atom. The smallest absolute Gasteiger partial charge is 0.191 e. The normalized spacial score (nSPS) is 14.4. The van der Waals surface area contributed by atoms with Crippen molar-refractivity contribution in [2.75, 3.05) is 13.7 Å². The van der Waals surface area contributed by atoms with Crippen molar-refractivity contribution >= 4 is 5.96 Å². The fourth-order valence-corrected chi connectivity index (χ4v) is 2.58. The lowest BCUT2D eigenvalue weighted by molar-refractivity contribution is 0.296. The summed E-state index contributed by atoms with van der Waals surface area (Å²) in [4.78, 5) is 4.29. The molecule has 2 N–H and O–H groups in total. The number of rotatable bonds is 7. The number of hydrogen-bond acceptors (Lipinski definition) is 3. The summed E-state index contributed by atoms with van der Waals surface area (Å²) in [6.07, 6.45) is 4.39. The van der Waals surface area contributed by atoms with Gasteiger partial charge in [0.2, 0.25) is 0 Å². The molecule has 0 amide bonds. The zero-order chi connectivity index (χ0) is 17.6. The average molecular weight is 341 g/mol. The molecule has 1 aromatic heterocycles. The standard InChI is InChI=1S/C19H27N5O/c1-14-4-7-16(18(10-14)25-13-15-5-6-15)11-21-19(20-2)22-12-17-8-9-23-24(17)3/h4,7-10,15H,5-6,11-13H2,1-3H3,(H2,20,21,22). The lowest BCUT2D eigenvalue weighted by atomic mass is 10.1. The first-order chi connectivity index (χ1) is 12.2.